The average Bonchev–Trinajstić information content (AvgIpc) is 2.73. The Morgan fingerprint density at radius 1 is 1.65 bits per heavy atom. The number of rotatable bonds is 4. The molecule has 1 unspecified atom stereocenters. The molecule has 0 saturated heterocycles. The summed E-state index contributed by atoms with van der Waals surface area (Å²) in [6, 6.07) is 2.50. The van der Waals surface area contributed by atoms with Crippen LogP contribution in [0.4, 0.5) is 0 Å². The molecule has 1 atom stereocenters. The Morgan fingerprint density at radius 3 is 3.12 bits per heavy atom. The van der Waals surface area contributed by atoms with Crippen LogP contribution in [0.15, 0.2) is 6.07 Å². The van der Waals surface area contributed by atoms with Crippen molar-refractivity contribution in [3.8, 4) is 0 Å². The van der Waals surface area contributed by atoms with E-state index in [9.17, 15) is 4.79 Å². The van der Waals surface area contributed by atoms with Crippen molar-refractivity contribution in [2.75, 3.05) is 6.54 Å². The fourth-order valence-corrected chi connectivity index (χ4v) is 3.49. The molecule has 2 N–H and O–H groups in total. The lowest BCUT2D eigenvalue weighted by atomic mass is 10.2. The van der Waals surface area contributed by atoms with Crippen LogP contribution < -0.4 is 10.6 Å². The topological polar surface area (TPSA) is 41.1 Å². The highest BCUT2D eigenvalue weighted by atomic mass is 35.5. The monoisotopic (exact) mass is 272 g/mol. The minimum absolute atomic E-state index is 0.0507. The van der Waals surface area contributed by atoms with Crippen molar-refractivity contribution in [2.24, 2.45) is 0 Å². The lowest BCUT2D eigenvalue weighted by Crippen LogP contribution is -2.38. The standard InChI is InChI=1S/C12H17ClN2OS/c1-7(2)15-12(16)6-14-9-3-4-10-8(9)5-11(13)17-10/h5,7,9,14H,3-4,6H2,1-2H3,(H,15,16). The summed E-state index contributed by atoms with van der Waals surface area (Å²) >= 11 is 7.64. The van der Waals surface area contributed by atoms with Crippen molar-refractivity contribution in [2.45, 2.75) is 38.8 Å². The molecular weight excluding hydrogens is 256 g/mol. The van der Waals surface area contributed by atoms with E-state index in [-0.39, 0.29) is 18.0 Å². The van der Waals surface area contributed by atoms with Gasteiger partial charge >= 0.3 is 0 Å². The maximum absolute atomic E-state index is 11.5. The molecule has 0 saturated carbocycles. The lowest BCUT2D eigenvalue weighted by Gasteiger charge is -2.14. The summed E-state index contributed by atoms with van der Waals surface area (Å²) in [6.07, 6.45) is 2.13. The van der Waals surface area contributed by atoms with Crippen molar-refractivity contribution in [3.05, 3.63) is 20.8 Å². The number of hydrogen-bond donors (Lipinski definition) is 2. The van der Waals surface area contributed by atoms with Crippen molar-refractivity contribution in [3.63, 3.8) is 0 Å². The molecule has 1 aliphatic rings. The zero-order valence-electron chi connectivity index (χ0n) is 10.0. The van der Waals surface area contributed by atoms with E-state index in [2.05, 4.69) is 10.6 Å². The Balaban J connectivity index is 1.87. The molecule has 1 aliphatic carbocycles. The Morgan fingerprint density at radius 2 is 2.41 bits per heavy atom. The number of nitrogens with one attached hydrogen (secondary N) is 2. The van der Waals surface area contributed by atoms with E-state index < -0.39 is 0 Å². The van der Waals surface area contributed by atoms with Gasteiger partial charge in [-0.15, -0.1) is 11.3 Å². The number of carbonyl (C=O) groups is 1. The zero-order valence-corrected chi connectivity index (χ0v) is 11.6. The molecule has 2 rings (SSSR count). The number of thiophene rings is 1. The van der Waals surface area contributed by atoms with Gasteiger partial charge in [-0.25, -0.2) is 0 Å². The Kier molecular flexibility index (Phi) is 4.07. The van der Waals surface area contributed by atoms with Crippen LogP contribution in [-0.4, -0.2) is 18.5 Å². The molecule has 5 heteroatoms. The number of amides is 1. The SMILES string of the molecule is CC(C)NC(=O)CNC1CCc2sc(Cl)cc21. The van der Waals surface area contributed by atoms with E-state index in [0.29, 0.717) is 6.54 Å². The van der Waals surface area contributed by atoms with Crippen molar-refractivity contribution < 1.29 is 4.79 Å². The predicted octanol–water partition coefficient (Wildman–Crippen LogP) is 2.50. The number of hydrogen-bond acceptors (Lipinski definition) is 3. The molecule has 0 bridgehead atoms. The van der Waals surface area contributed by atoms with Gasteiger partial charge in [-0.3, -0.25) is 4.79 Å². The van der Waals surface area contributed by atoms with E-state index >= 15 is 0 Å². The van der Waals surface area contributed by atoms with Crippen LogP contribution in [-0.2, 0) is 11.2 Å². The largest absolute Gasteiger partial charge is 0.353 e. The van der Waals surface area contributed by atoms with Gasteiger partial charge in [-0.05, 0) is 38.3 Å². The van der Waals surface area contributed by atoms with Crippen LogP contribution in [0, 0.1) is 0 Å². The van der Waals surface area contributed by atoms with E-state index in [0.717, 1.165) is 17.2 Å². The summed E-state index contributed by atoms with van der Waals surface area (Å²) in [7, 11) is 0. The summed E-state index contributed by atoms with van der Waals surface area (Å²) in [4.78, 5) is 12.9. The van der Waals surface area contributed by atoms with E-state index in [1.54, 1.807) is 11.3 Å². The fourth-order valence-electron chi connectivity index (χ4n) is 2.13. The average molecular weight is 273 g/mol. The zero-order chi connectivity index (χ0) is 12.4. The highest BCUT2D eigenvalue weighted by Crippen LogP contribution is 2.39. The molecule has 0 spiro atoms. The molecule has 1 aromatic rings. The van der Waals surface area contributed by atoms with Gasteiger partial charge in [0.15, 0.2) is 0 Å². The Labute approximate surface area is 111 Å². The Hall–Kier alpha value is -0.580. The van der Waals surface area contributed by atoms with Gasteiger partial charge in [0, 0.05) is 17.0 Å². The summed E-state index contributed by atoms with van der Waals surface area (Å²) in [5.41, 5.74) is 1.28. The number of carbonyl (C=O) groups excluding carboxylic acids is 1. The van der Waals surface area contributed by atoms with Crippen molar-refractivity contribution in [1.82, 2.24) is 10.6 Å². The second-order valence-corrected chi connectivity index (χ2v) is 6.39. The second-order valence-electron chi connectivity index (χ2n) is 4.62. The Bertz CT molecular complexity index is 417. The fraction of sp³-hybridized carbons (Fsp3) is 0.583. The third-order valence-corrected chi connectivity index (χ3v) is 4.15. The number of fused-ring (bicyclic) bond motifs is 1. The van der Waals surface area contributed by atoms with Crippen LogP contribution in [0.25, 0.3) is 0 Å². The van der Waals surface area contributed by atoms with E-state index in [4.69, 9.17) is 11.6 Å². The van der Waals surface area contributed by atoms with Gasteiger partial charge in [0.25, 0.3) is 0 Å². The smallest absolute Gasteiger partial charge is 0.234 e. The molecule has 94 valence electrons. The molecule has 0 aromatic carbocycles. The first kappa shape index (κ1) is 12.9. The molecule has 3 nitrogen and oxygen atoms in total. The summed E-state index contributed by atoms with van der Waals surface area (Å²) in [5, 5.41) is 6.16. The maximum atomic E-state index is 11.5. The second kappa shape index (κ2) is 5.38. The molecule has 0 aliphatic heterocycles. The highest BCUT2D eigenvalue weighted by Gasteiger charge is 2.25. The van der Waals surface area contributed by atoms with E-state index in [1.165, 1.54) is 10.4 Å². The first-order valence-electron chi connectivity index (χ1n) is 5.87. The first-order chi connectivity index (χ1) is 8.06. The molecule has 0 radical (unpaired) electrons. The molecular formula is C12H17ClN2OS. The third-order valence-electron chi connectivity index (χ3n) is 2.81. The van der Waals surface area contributed by atoms with Crippen LogP contribution in [0.5, 0.6) is 0 Å². The number of halogens is 1. The third kappa shape index (κ3) is 3.21. The van der Waals surface area contributed by atoms with E-state index in [1.807, 2.05) is 19.9 Å². The minimum atomic E-state index is 0.0507. The lowest BCUT2D eigenvalue weighted by molar-refractivity contribution is -0.120. The van der Waals surface area contributed by atoms with Gasteiger partial charge in [0.1, 0.15) is 0 Å². The summed E-state index contributed by atoms with van der Waals surface area (Å²) in [5.74, 6) is 0.0507. The highest BCUT2D eigenvalue weighted by molar-refractivity contribution is 7.16. The molecule has 1 heterocycles. The molecule has 0 fully saturated rings. The predicted molar refractivity (Wildman–Crippen MR) is 71.7 cm³/mol. The summed E-state index contributed by atoms with van der Waals surface area (Å²) < 4.78 is 0.841. The van der Waals surface area contributed by atoms with Crippen LogP contribution in [0.2, 0.25) is 4.34 Å². The summed E-state index contributed by atoms with van der Waals surface area (Å²) in [6.45, 7) is 4.30. The first-order valence-corrected chi connectivity index (χ1v) is 7.06. The quantitative estimate of drug-likeness (QED) is 0.884. The van der Waals surface area contributed by atoms with Crippen LogP contribution >= 0.6 is 22.9 Å². The van der Waals surface area contributed by atoms with Crippen LogP contribution in [0.3, 0.4) is 0 Å². The molecule has 1 aromatic heterocycles. The van der Waals surface area contributed by atoms with Gasteiger partial charge in [-0.2, -0.15) is 0 Å². The normalized spacial score (nSPS) is 18.5. The molecule has 1 amide bonds. The van der Waals surface area contributed by atoms with Gasteiger partial charge < -0.3 is 10.6 Å². The van der Waals surface area contributed by atoms with Crippen LogP contribution in [0.1, 0.15) is 36.8 Å². The van der Waals surface area contributed by atoms with Crippen molar-refractivity contribution in [1.29, 1.82) is 0 Å². The minimum Gasteiger partial charge on any atom is -0.353 e. The van der Waals surface area contributed by atoms with Gasteiger partial charge in [0.2, 0.25) is 5.91 Å². The maximum Gasteiger partial charge on any atom is 0.234 e. The number of aryl methyl sites for hydroxylation is 1. The van der Waals surface area contributed by atoms with Gasteiger partial charge in [-0.1, -0.05) is 11.6 Å². The van der Waals surface area contributed by atoms with Crippen molar-refractivity contribution >= 4 is 28.8 Å². The molecule has 17 heavy (non-hydrogen) atoms. The van der Waals surface area contributed by atoms with Gasteiger partial charge in [0.05, 0.1) is 10.9 Å².